The third-order valence-electron chi connectivity index (χ3n) is 5.45. The van der Waals surface area contributed by atoms with Crippen molar-refractivity contribution in [3.63, 3.8) is 0 Å². The van der Waals surface area contributed by atoms with Crippen LogP contribution < -0.4 is 10.6 Å². The van der Waals surface area contributed by atoms with Crippen LogP contribution in [0.4, 0.5) is 10.1 Å². The maximum Gasteiger partial charge on any atom is 0.254 e. The average Bonchev–Trinajstić information content (AvgIpc) is 2.64. The second-order valence-electron chi connectivity index (χ2n) is 7.84. The van der Waals surface area contributed by atoms with Gasteiger partial charge in [0.25, 0.3) is 5.91 Å². The van der Waals surface area contributed by atoms with Crippen LogP contribution in [0.1, 0.15) is 35.2 Å². The molecule has 2 aliphatic heterocycles. The molecule has 3 rings (SSSR count). The highest BCUT2D eigenvalue weighted by Gasteiger charge is 2.23. The van der Waals surface area contributed by atoms with E-state index in [1.807, 2.05) is 0 Å². The molecule has 0 aromatic heterocycles. The van der Waals surface area contributed by atoms with Crippen molar-refractivity contribution in [2.75, 3.05) is 52.1 Å². The zero-order chi connectivity index (χ0) is 19.4. The number of nitrogens with zero attached hydrogens (tertiary/aromatic N) is 2. The van der Waals surface area contributed by atoms with Crippen LogP contribution in [0.3, 0.4) is 0 Å². The fraction of sp³-hybridized carbons (Fsp3) is 0.600. The minimum absolute atomic E-state index is 0.0633. The summed E-state index contributed by atoms with van der Waals surface area (Å²) in [4.78, 5) is 28.5. The number of benzene rings is 1. The van der Waals surface area contributed by atoms with Gasteiger partial charge in [-0.05, 0) is 70.1 Å². The minimum Gasteiger partial charge on any atom is -0.352 e. The summed E-state index contributed by atoms with van der Waals surface area (Å²) < 4.78 is 14.3. The molecule has 1 saturated heterocycles. The molecule has 7 heteroatoms. The van der Waals surface area contributed by atoms with E-state index in [4.69, 9.17) is 0 Å². The summed E-state index contributed by atoms with van der Waals surface area (Å²) in [6.07, 6.45) is 3.00. The van der Waals surface area contributed by atoms with Crippen molar-refractivity contribution >= 4 is 17.5 Å². The Morgan fingerprint density at radius 2 is 2.04 bits per heavy atom. The molecule has 0 aliphatic carbocycles. The number of hydrogen-bond donors (Lipinski definition) is 2. The van der Waals surface area contributed by atoms with E-state index in [-0.39, 0.29) is 17.4 Å². The van der Waals surface area contributed by atoms with Crippen molar-refractivity contribution in [3.8, 4) is 0 Å². The Hall–Kier alpha value is -1.99. The summed E-state index contributed by atoms with van der Waals surface area (Å²) >= 11 is 0. The highest BCUT2D eigenvalue weighted by Crippen LogP contribution is 2.26. The number of anilines is 1. The van der Waals surface area contributed by atoms with Crippen LogP contribution >= 0.6 is 0 Å². The van der Waals surface area contributed by atoms with Crippen molar-refractivity contribution in [2.24, 2.45) is 5.92 Å². The number of amides is 2. The van der Waals surface area contributed by atoms with E-state index in [2.05, 4.69) is 34.5 Å². The van der Waals surface area contributed by atoms with Crippen LogP contribution in [-0.4, -0.2) is 68.4 Å². The van der Waals surface area contributed by atoms with Gasteiger partial charge < -0.3 is 20.4 Å². The quantitative estimate of drug-likeness (QED) is 0.793. The molecule has 0 spiro atoms. The number of likely N-dealkylation sites (N-methyl/N-ethyl adjacent to an activating group) is 1. The topological polar surface area (TPSA) is 64.7 Å². The van der Waals surface area contributed by atoms with Crippen LogP contribution in [0, 0.1) is 11.7 Å². The summed E-state index contributed by atoms with van der Waals surface area (Å²) in [6, 6.07) is 2.83. The first-order valence-corrected chi connectivity index (χ1v) is 9.70. The minimum atomic E-state index is -0.591. The maximum atomic E-state index is 14.3. The largest absolute Gasteiger partial charge is 0.352 e. The lowest BCUT2D eigenvalue weighted by molar-refractivity contribution is -0.116. The lowest BCUT2D eigenvalue weighted by atomic mass is 9.96. The van der Waals surface area contributed by atoms with Gasteiger partial charge in [-0.25, -0.2) is 4.39 Å². The second kappa shape index (κ2) is 8.80. The molecule has 2 aliphatic rings. The lowest BCUT2D eigenvalue weighted by Crippen LogP contribution is -2.41. The first-order chi connectivity index (χ1) is 12.9. The van der Waals surface area contributed by atoms with Crippen LogP contribution in [0.15, 0.2) is 12.1 Å². The normalized spacial score (nSPS) is 18.3. The molecule has 2 amide bonds. The summed E-state index contributed by atoms with van der Waals surface area (Å²) in [5.74, 6) is -0.644. The van der Waals surface area contributed by atoms with Gasteiger partial charge in [0.05, 0.1) is 5.56 Å². The summed E-state index contributed by atoms with van der Waals surface area (Å²) in [5.41, 5.74) is 1.36. The molecule has 27 heavy (non-hydrogen) atoms. The molecule has 2 N–H and O–H groups in total. The van der Waals surface area contributed by atoms with Crippen LogP contribution in [0.5, 0.6) is 0 Å². The van der Waals surface area contributed by atoms with E-state index in [1.54, 1.807) is 6.07 Å². The van der Waals surface area contributed by atoms with Gasteiger partial charge in [-0.2, -0.15) is 0 Å². The molecule has 2 heterocycles. The van der Waals surface area contributed by atoms with E-state index in [0.717, 1.165) is 44.6 Å². The number of hydrogen-bond acceptors (Lipinski definition) is 4. The standard InChI is InChI=1S/C20H29FN4O2/c1-24(2)9-10-25-7-5-14(6-8-25)13-22-20(27)16-11-15-3-4-19(26)23-18(15)12-17(16)21/h11-12,14H,3-10,13H2,1-2H3,(H,22,27)(H,23,26). The number of fused-ring (bicyclic) bond motifs is 1. The molecule has 0 radical (unpaired) electrons. The van der Waals surface area contributed by atoms with Gasteiger partial charge in [-0.1, -0.05) is 0 Å². The van der Waals surface area contributed by atoms with Gasteiger partial charge in [-0.15, -0.1) is 0 Å². The van der Waals surface area contributed by atoms with Gasteiger partial charge in [0, 0.05) is 31.7 Å². The maximum absolute atomic E-state index is 14.3. The van der Waals surface area contributed by atoms with Gasteiger partial charge in [-0.3, -0.25) is 9.59 Å². The molecular formula is C20H29FN4O2. The highest BCUT2D eigenvalue weighted by molar-refractivity contribution is 5.98. The molecule has 1 fully saturated rings. The van der Waals surface area contributed by atoms with Crippen molar-refractivity contribution in [1.29, 1.82) is 0 Å². The van der Waals surface area contributed by atoms with Crippen molar-refractivity contribution < 1.29 is 14.0 Å². The zero-order valence-electron chi connectivity index (χ0n) is 16.2. The summed E-state index contributed by atoms with van der Waals surface area (Å²) in [7, 11) is 4.16. The number of aryl methyl sites for hydroxylation is 1. The molecule has 0 bridgehead atoms. The van der Waals surface area contributed by atoms with Gasteiger partial charge in [0.2, 0.25) is 5.91 Å². The zero-order valence-corrected chi connectivity index (χ0v) is 16.2. The van der Waals surface area contributed by atoms with E-state index >= 15 is 0 Å². The first kappa shape index (κ1) is 19.8. The average molecular weight is 376 g/mol. The Bertz CT molecular complexity index is 699. The predicted octanol–water partition coefficient (Wildman–Crippen LogP) is 1.71. The lowest BCUT2D eigenvalue weighted by Gasteiger charge is -2.32. The highest BCUT2D eigenvalue weighted by atomic mass is 19.1. The molecule has 1 aromatic carbocycles. The van der Waals surface area contributed by atoms with Gasteiger partial charge in [0.1, 0.15) is 5.82 Å². The number of halogens is 1. The number of carbonyl (C=O) groups excluding carboxylic acids is 2. The number of carbonyl (C=O) groups is 2. The van der Waals surface area contributed by atoms with E-state index in [0.29, 0.717) is 31.0 Å². The van der Waals surface area contributed by atoms with E-state index < -0.39 is 5.82 Å². The van der Waals surface area contributed by atoms with Crippen molar-refractivity contribution in [1.82, 2.24) is 15.1 Å². The first-order valence-electron chi connectivity index (χ1n) is 9.70. The Balaban J connectivity index is 1.50. The SMILES string of the molecule is CN(C)CCN1CCC(CNC(=O)c2cc3c(cc2F)NC(=O)CC3)CC1. The number of nitrogens with one attached hydrogen (secondary N) is 2. The second-order valence-corrected chi connectivity index (χ2v) is 7.84. The van der Waals surface area contributed by atoms with Gasteiger partial charge >= 0.3 is 0 Å². The Labute approximate surface area is 160 Å². The molecule has 0 unspecified atom stereocenters. The molecule has 0 atom stereocenters. The van der Waals surface area contributed by atoms with Gasteiger partial charge in [0.15, 0.2) is 0 Å². The van der Waals surface area contributed by atoms with E-state index in [9.17, 15) is 14.0 Å². The fourth-order valence-corrected chi connectivity index (χ4v) is 3.66. The third kappa shape index (κ3) is 5.26. The third-order valence-corrected chi connectivity index (χ3v) is 5.45. The predicted molar refractivity (Wildman–Crippen MR) is 103 cm³/mol. The Morgan fingerprint density at radius 3 is 2.74 bits per heavy atom. The summed E-state index contributed by atoms with van der Waals surface area (Å²) in [6.45, 7) is 4.79. The van der Waals surface area contributed by atoms with Crippen molar-refractivity contribution in [2.45, 2.75) is 25.7 Å². The Kier molecular flexibility index (Phi) is 6.44. The summed E-state index contributed by atoms with van der Waals surface area (Å²) in [5, 5.41) is 5.55. The van der Waals surface area contributed by atoms with Crippen LogP contribution in [0.25, 0.3) is 0 Å². The Morgan fingerprint density at radius 1 is 1.30 bits per heavy atom. The molecule has 0 saturated carbocycles. The monoisotopic (exact) mass is 376 g/mol. The van der Waals surface area contributed by atoms with Crippen molar-refractivity contribution in [3.05, 3.63) is 29.1 Å². The molecular weight excluding hydrogens is 347 g/mol. The van der Waals surface area contributed by atoms with Crippen LogP contribution in [-0.2, 0) is 11.2 Å². The number of likely N-dealkylation sites (tertiary alicyclic amines) is 1. The number of piperidine rings is 1. The fourth-order valence-electron chi connectivity index (χ4n) is 3.66. The molecule has 6 nitrogen and oxygen atoms in total. The molecule has 1 aromatic rings. The smallest absolute Gasteiger partial charge is 0.254 e. The van der Waals surface area contributed by atoms with Crippen LogP contribution in [0.2, 0.25) is 0 Å². The molecule has 148 valence electrons. The number of rotatable bonds is 6. The van der Waals surface area contributed by atoms with E-state index in [1.165, 1.54) is 6.07 Å².